The van der Waals surface area contributed by atoms with Gasteiger partial charge in [-0.25, -0.2) is 9.78 Å². The SMILES string of the molecule is O=C(O)c1ccc(Nc2ccc(Cl)cc2Br)nc1. The highest BCUT2D eigenvalue weighted by atomic mass is 79.9. The number of carboxylic acid groups (broad SMARTS) is 1. The molecule has 0 fully saturated rings. The molecule has 0 atom stereocenters. The van der Waals surface area contributed by atoms with E-state index in [2.05, 4.69) is 26.2 Å². The minimum Gasteiger partial charge on any atom is -0.478 e. The van der Waals surface area contributed by atoms with E-state index in [-0.39, 0.29) is 5.56 Å². The van der Waals surface area contributed by atoms with E-state index < -0.39 is 5.97 Å². The number of rotatable bonds is 3. The van der Waals surface area contributed by atoms with Gasteiger partial charge in [0.2, 0.25) is 0 Å². The van der Waals surface area contributed by atoms with Crippen LogP contribution in [-0.2, 0) is 0 Å². The summed E-state index contributed by atoms with van der Waals surface area (Å²) in [6.07, 6.45) is 1.30. The van der Waals surface area contributed by atoms with Gasteiger partial charge in [-0.05, 0) is 46.3 Å². The summed E-state index contributed by atoms with van der Waals surface area (Å²) in [6.45, 7) is 0. The van der Waals surface area contributed by atoms with Crippen molar-refractivity contribution in [1.82, 2.24) is 4.98 Å². The van der Waals surface area contributed by atoms with Crippen LogP contribution < -0.4 is 5.32 Å². The molecule has 2 N–H and O–H groups in total. The highest BCUT2D eigenvalue weighted by Gasteiger charge is 2.05. The molecule has 2 rings (SSSR count). The number of hydrogen-bond acceptors (Lipinski definition) is 3. The highest BCUT2D eigenvalue weighted by Crippen LogP contribution is 2.27. The largest absolute Gasteiger partial charge is 0.478 e. The van der Waals surface area contributed by atoms with Gasteiger partial charge in [-0.3, -0.25) is 0 Å². The third-order valence-corrected chi connectivity index (χ3v) is 3.10. The molecule has 2 aromatic rings. The van der Waals surface area contributed by atoms with Crippen molar-refractivity contribution in [2.24, 2.45) is 0 Å². The lowest BCUT2D eigenvalue weighted by molar-refractivity contribution is 0.0696. The number of nitrogens with one attached hydrogen (secondary N) is 1. The zero-order valence-corrected chi connectivity index (χ0v) is 11.4. The van der Waals surface area contributed by atoms with Gasteiger partial charge in [-0.1, -0.05) is 11.6 Å². The summed E-state index contributed by atoms with van der Waals surface area (Å²) in [7, 11) is 0. The summed E-state index contributed by atoms with van der Waals surface area (Å²) in [5.41, 5.74) is 0.950. The van der Waals surface area contributed by atoms with Crippen LogP contribution in [0.2, 0.25) is 5.02 Å². The summed E-state index contributed by atoms with van der Waals surface area (Å²) in [4.78, 5) is 14.7. The number of halogens is 2. The molecule has 0 saturated heterocycles. The van der Waals surface area contributed by atoms with Crippen molar-refractivity contribution >= 4 is 45.0 Å². The van der Waals surface area contributed by atoms with Crippen molar-refractivity contribution in [2.45, 2.75) is 0 Å². The first-order valence-electron chi connectivity index (χ1n) is 4.97. The molecule has 0 aliphatic heterocycles. The smallest absolute Gasteiger partial charge is 0.337 e. The third kappa shape index (κ3) is 3.00. The standard InChI is InChI=1S/C12H8BrClN2O2/c13-9-5-8(14)2-3-10(9)16-11-4-1-7(6-15-11)12(17)18/h1-6H,(H,15,16)(H,17,18). The van der Waals surface area contributed by atoms with E-state index in [0.29, 0.717) is 10.8 Å². The Morgan fingerprint density at radius 3 is 2.67 bits per heavy atom. The predicted molar refractivity (Wildman–Crippen MR) is 73.6 cm³/mol. The molecule has 0 spiro atoms. The van der Waals surface area contributed by atoms with Crippen LogP contribution in [0, 0.1) is 0 Å². The van der Waals surface area contributed by atoms with Crippen molar-refractivity contribution in [2.75, 3.05) is 5.32 Å². The van der Waals surface area contributed by atoms with Gasteiger partial charge in [0.25, 0.3) is 0 Å². The fourth-order valence-electron chi connectivity index (χ4n) is 1.32. The van der Waals surface area contributed by atoms with E-state index in [4.69, 9.17) is 16.7 Å². The first-order chi connectivity index (χ1) is 8.56. The number of nitrogens with zero attached hydrogens (tertiary/aromatic N) is 1. The van der Waals surface area contributed by atoms with Crippen LogP contribution in [0.3, 0.4) is 0 Å². The summed E-state index contributed by atoms with van der Waals surface area (Å²) < 4.78 is 0.805. The summed E-state index contributed by atoms with van der Waals surface area (Å²) in [5, 5.41) is 12.4. The minimum absolute atomic E-state index is 0.149. The normalized spacial score (nSPS) is 10.1. The summed E-state index contributed by atoms with van der Waals surface area (Å²) >= 11 is 9.21. The molecule has 0 saturated carbocycles. The molecular weight excluding hydrogens is 320 g/mol. The molecule has 18 heavy (non-hydrogen) atoms. The zero-order chi connectivity index (χ0) is 13.1. The Balaban J connectivity index is 2.21. The Morgan fingerprint density at radius 1 is 1.33 bits per heavy atom. The van der Waals surface area contributed by atoms with Crippen LogP contribution in [0.5, 0.6) is 0 Å². The van der Waals surface area contributed by atoms with Crippen LogP contribution in [-0.4, -0.2) is 16.1 Å². The van der Waals surface area contributed by atoms with E-state index in [1.807, 2.05) is 0 Å². The van der Waals surface area contributed by atoms with Gasteiger partial charge in [0, 0.05) is 15.7 Å². The molecule has 0 amide bonds. The number of hydrogen-bond donors (Lipinski definition) is 2. The van der Waals surface area contributed by atoms with Gasteiger partial charge in [0.05, 0.1) is 11.3 Å². The molecular formula is C12H8BrClN2O2. The molecule has 4 nitrogen and oxygen atoms in total. The van der Waals surface area contributed by atoms with E-state index in [9.17, 15) is 4.79 Å². The lowest BCUT2D eigenvalue weighted by Crippen LogP contribution is -1.99. The Morgan fingerprint density at radius 2 is 2.11 bits per heavy atom. The maximum atomic E-state index is 10.7. The van der Waals surface area contributed by atoms with Gasteiger partial charge in [-0.15, -0.1) is 0 Å². The second-order valence-corrected chi connectivity index (χ2v) is 4.78. The fourth-order valence-corrected chi connectivity index (χ4v) is 2.10. The molecule has 6 heteroatoms. The summed E-state index contributed by atoms with van der Waals surface area (Å²) in [6, 6.07) is 8.40. The van der Waals surface area contributed by atoms with E-state index in [1.165, 1.54) is 12.3 Å². The maximum Gasteiger partial charge on any atom is 0.337 e. The Bertz CT molecular complexity index is 587. The molecule has 0 radical (unpaired) electrons. The average molecular weight is 328 g/mol. The third-order valence-electron chi connectivity index (χ3n) is 2.20. The van der Waals surface area contributed by atoms with E-state index >= 15 is 0 Å². The number of carboxylic acids is 1. The van der Waals surface area contributed by atoms with Crippen LogP contribution in [0.25, 0.3) is 0 Å². The number of pyridine rings is 1. The van der Waals surface area contributed by atoms with Gasteiger partial charge in [0.1, 0.15) is 5.82 Å². The van der Waals surface area contributed by atoms with Crippen molar-refractivity contribution in [1.29, 1.82) is 0 Å². The molecule has 0 unspecified atom stereocenters. The van der Waals surface area contributed by atoms with Crippen LogP contribution in [0.4, 0.5) is 11.5 Å². The minimum atomic E-state index is -0.998. The first kappa shape index (κ1) is 12.9. The van der Waals surface area contributed by atoms with Crippen LogP contribution >= 0.6 is 27.5 Å². The first-order valence-corrected chi connectivity index (χ1v) is 6.15. The van der Waals surface area contributed by atoms with Gasteiger partial charge < -0.3 is 10.4 Å². The summed E-state index contributed by atoms with van der Waals surface area (Å²) in [5.74, 6) is -0.440. The van der Waals surface area contributed by atoms with Gasteiger partial charge >= 0.3 is 5.97 Å². The van der Waals surface area contributed by atoms with E-state index in [1.54, 1.807) is 24.3 Å². The number of aromatic carboxylic acids is 1. The number of anilines is 2. The second-order valence-electron chi connectivity index (χ2n) is 3.49. The van der Waals surface area contributed by atoms with Crippen LogP contribution in [0.1, 0.15) is 10.4 Å². The fraction of sp³-hybridized carbons (Fsp3) is 0. The molecule has 92 valence electrons. The second kappa shape index (κ2) is 5.37. The molecule has 1 aromatic heterocycles. The van der Waals surface area contributed by atoms with Crippen molar-refractivity contribution in [3.8, 4) is 0 Å². The topological polar surface area (TPSA) is 62.2 Å². The maximum absolute atomic E-state index is 10.7. The lowest BCUT2D eigenvalue weighted by Gasteiger charge is -2.08. The Hall–Kier alpha value is -1.59. The van der Waals surface area contributed by atoms with Gasteiger partial charge in [-0.2, -0.15) is 0 Å². The molecule has 1 aromatic carbocycles. The zero-order valence-electron chi connectivity index (χ0n) is 9.02. The van der Waals surface area contributed by atoms with Crippen molar-refractivity contribution in [3.63, 3.8) is 0 Å². The Kier molecular flexibility index (Phi) is 3.84. The van der Waals surface area contributed by atoms with Crippen molar-refractivity contribution < 1.29 is 9.90 Å². The average Bonchev–Trinajstić information content (AvgIpc) is 2.33. The molecule has 1 heterocycles. The van der Waals surface area contributed by atoms with Crippen LogP contribution in [0.15, 0.2) is 41.0 Å². The monoisotopic (exact) mass is 326 g/mol. The molecule has 0 aliphatic rings. The van der Waals surface area contributed by atoms with Crippen molar-refractivity contribution in [3.05, 3.63) is 51.6 Å². The molecule has 0 bridgehead atoms. The lowest BCUT2D eigenvalue weighted by atomic mass is 10.3. The number of carbonyl (C=O) groups is 1. The number of benzene rings is 1. The van der Waals surface area contributed by atoms with Gasteiger partial charge in [0.15, 0.2) is 0 Å². The molecule has 0 aliphatic carbocycles. The highest BCUT2D eigenvalue weighted by molar-refractivity contribution is 9.10. The Labute approximate surface area is 117 Å². The predicted octanol–water partition coefficient (Wildman–Crippen LogP) is 3.94. The quantitative estimate of drug-likeness (QED) is 0.896. The van der Waals surface area contributed by atoms with E-state index in [0.717, 1.165) is 10.2 Å². The number of aromatic nitrogens is 1.